The molecule has 0 spiro atoms. The van der Waals surface area contributed by atoms with E-state index < -0.39 is 5.91 Å². The van der Waals surface area contributed by atoms with Crippen LogP contribution in [-0.2, 0) is 0 Å². The van der Waals surface area contributed by atoms with Crippen LogP contribution in [0.15, 0.2) is 36.4 Å². The van der Waals surface area contributed by atoms with E-state index in [9.17, 15) is 4.79 Å². The molecule has 6 N–H and O–H groups in total. The van der Waals surface area contributed by atoms with Gasteiger partial charge in [-0.3, -0.25) is 4.79 Å². The largest absolute Gasteiger partial charge is 0.368 e. The number of rotatable bonds is 4. The number of amides is 1. The van der Waals surface area contributed by atoms with Crippen LogP contribution in [-0.4, -0.2) is 21.1 Å². The van der Waals surface area contributed by atoms with Gasteiger partial charge in [-0.15, -0.1) is 5.10 Å². The number of nitrogen functional groups attached to an aromatic ring is 1. The first-order valence-electron chi connectivity index (χ1n) is 6.78. The predicted molar refractivity (Wildman–Crippen MR) is 94.5 cm³/mol. The number of primary amides is 1. The number of carbonyl (C=O) groups is 1. The molecule has 0 fully saturated rings. The van der Waals surface area contributed by atoms with E-state index in [0.717, 1.165) is 0 Å². The molecular formula is C15H12Cl2N6O. The summed E-state index contributed by atoms with van der Waals surface area (Å²) < 4.78 is 0. The van der Waals surface area contributed by atoms with E-state index in [1.54, 1.807) is 36.4 Å². The van der Waals surface area contributed by atoms with E-state index in [-0.39, 0.29) is 5.95 Å². The normalized spacial score (nSPS) is 10.6. The maximum Gasteiger partial charge on any atom is 0.248 e. The number of carbonyl (C=O) groups excluding carboxylic acids is 1. The number of anilines is 3. The molecule has 0 saturated carbocycles. The number of hydrogen-bond donors (Lipinski definition) is 4. The molecule has 122 valence electrons. The van der Waals surface area contributed by atoms with Gasteiger partial charge in [0.2, 0.25) is 17.8 Å². The number of nitrogens with zero attached hydrogens (tertiary/aromatic N) is 2. The van der Waals surface area contributed by atoms with Crippen LogP contribution in [0, 0.1) is 0 Å². The minimum atomic E-state index is -0.524. The molecule has 0 aliphatic rings. The van der Waals surface area contributed by atoms with E-state index in [2.05, 4.69) is 20.5 Å². The third kappa shape index (κ3) is 3.27. The van der Waals surface area contributed by atoms with Gasteiger partial charge in [-0.1, -0.05) is 35.3 Å². The molecule has 2 aromatic carbocycles. The highest BCUT2D eigenvalue weighted by atomic mass is 35.5. The first-order valence-corrected chi connectivity index (χ1v) is 7.54. The van der Waals surface area contributed by atoms with E-state index in [1.807, 2.05) is 0 Å². The van der Waals surface area contributed by atoms with Gasteiger partial charge in [0, 0.05) is 16.8 Å². The quantitative estimate of drug-likeness (QED) is 0.567. The lowest BCUT2D eigenvalue weighted by molar-refractivity contribution is 0.100. The molecule has 1 heterocycles. The van der Waals surface area contributed by atoms with Gasteiger partial charge in [0.1, 0.15) is 0 Å². The first-order chi connectivity index (χ1) is 11.4. The molecule has 0 aliphatic carbocycles. The van der Waals surface area contributed by atoms with Gasteiger partial charge in [-0.25, -0.2) is 5.10 Å². The molecule has 0 saturated heterocycles. The van der Waals surface area contributed by atoms with Gasteiger partial charge >= 0.3 is 0 Å². The van der Waals surface area contributed by atoms with Crippen LogP contribution in [0.25, 0.3) is 11.1 Å². The second kappa shape index (κ2) is 6.38. The van der Waals surface area contributed by atoms with Crippen molar-refractivity contribution in [3.05, 3.63) is 52.0 Å². The summed E-state index contributed by atoms with van der Waals surface area (Å²) in [5.41, 5.74) is 13.0. The summed E-state index contributed by atoms with van der Waals surface area (Å²) in [6, 6.07) is 10.1. The second-order valence-electron chi connectivity index (χ2n) is 4.93. The summed E-state index contributed by atoms with van der Waals surface area (Å²) in [6.45, 7) is 0. The lowest BCUT2D eigenvalue weighted by atomic mass is 10.0. The Balaban J connectivity index is 1.98. The molecule has 1 aromatic heterocycles. The number of benzene rings is 2. The van der Waals surface area contributed by atoms with Crippen molar-refractivity contribution in [1.29, 1.82) is 0 Å². The topological polar surface area (TPSA) is 123 Å². The van der Waals surface area contributed by atoms with Crippen molar-refractivity contribution in [3.63, 3.8) is 0 Å². The van der Waals surface area contributed by atoms with Crippen molar-refractivity contribution < 1.29 is 4.79 Å². The summed E-state index contributed by atoms with van der Waals surface area (Å²) in [5.74, 6) is -0.0396. The number of hydrogen-bond acceptors (Lipinski definition) is 5. The van der Waals surface area contributed by atoms with Gasteiger partial charge in [0.05, 0.1) is 10.0 Å². The average Bonchev–Trinajstić information content (AvgIpc) is 2.92. The third-order valence-electron chi connectivity index (χ3n) is 3.24. The number of nitrogens with two attached hydrogens (primary N) is 2. The van der Waals surface area contributed by atoms with E-state index in [0.29, 0.717) is 38.4 Å². The van der Waals surface area contributed by atoms with Crippen molar-refractivity contribution in [2.24, 2.45) is 5.73 Å². The Morgan fingerprint density at radius 1 is 1.17 bits per heavy atom. The Kier molecular flexibility index (Phi) is 4.28. The van der Waals surface area contributed by atoms with Gasteiger partial charge < -0.3 is 16.8 Å². The summed E-state index contributed by atoms with van der Waals surface area (Å²) in [5, 5.41) is 10.1. The number of nitrogens with one attached hydrogen (secondary N) is 2. The average molecular weight is 363 g/mol. The fourth-order valence-electron chi connectivity index (χ4n) is 2.21. The van der Waals surface area contributed by atoms with Crippen molar-refractivity contribution in [1.82, 2.24) is 15.2 Å². The van der Waals surface area contributed by atoms with Gasteiger partial charge in [-0.2, -0.15) is 4.98 Å². The van der Waals surface area contributed by atoms with Crippen molar-refractivity contribution in [2.75, 3.05) is 11.1 Å². The number of H-pyrrole nitrogens is 1. The van der Waals surface area contributed by atoms with Crippen LogP contribution in [0.5, 0.6) is 0 Å². The maximum atomic E-state index is 11.3. The second-order valence-corrected chi connectivity index (χ2v) is 5.74. The highest BCUT2D eigenvalue weighted by molar-refractivity contribution is 6.39. The minimum absolute atomic E-state index is 0.189. The van der Waals surface area contributed by atoms with Crippen molar-refractivity contribution in [2.45, 2.75) is 0 Å². The lowest BCUT2D eigenvalue weighted by Gasteiger charge is -2.11. The smallest absolute Gasteiger partial charge is 0.248 e. The highest BCUT2D eigenvalue weighted by Crippen LogP contribution is 2.38. The van der Waals surface area contributed by atoms with Crippen LogP contribution >= 0.6 is 23.2 Å². The molecule has 0 unspecified atom stereocenters. The molecule has 7 nitrogen and oxygen atoms in total. The summed E-state index contributed by atoms with van der Waals surface area (Å²) in [4.78, 5) is 15.3. The Hall–Kier alpha value is -2.77. The van der Waals surface area contributed by atoms with Crippen LogP contribution in [0.4, 0.5) is 17.6 Å². The standard InChI is InChI=1S/C15H12Cl2N6O/c16-10-5-9(20-15-21-14(19)22-23-15)6-11(17)12(10)7-2-1-3-8(4-7)13(18)24/h1-6H,(H2,18,24)(H4,19,20,21,22,23). The van der Waals surface area contributed by atoms with Crippen molar-refractivity contribution >= 4 is 46.7 Å². The minimum Gasteiger partial charge on any atom is -0.368 e. The molecule has 24 heavy (non-hydrogen) atoms. The zero-order chi connectivity index (χ0) is 17.3. The monoisotopic (exact) mass is 362 g/mol. The Morgan fingerprint density at radius 2 is 1.88 bits per heavy atom. The van der Waals surface area contributed by atoms with Crippen LogP contribution in [0.3, 0.4) is 0 Å². The fraction of sp³-hybridized carbons (Fsp3) is 0. The molecule has 0 bridgehead atoms. The van der Waals surface area contributed by atoms with E-state index >= 15 is 0 Å². The van der Waals surface area contributed by atoms with Gasteiger partial charge in [0.25, 0.3) is 0 Å². The number of halogens is 2. The first kappa shape index (κ1) is 16.1. The fourth-order valence-corrected chi connectivity index (χ4v) is 2.91. The Labute approximate surface area is 147 Å². The van der Waals surface area contributed by atoms with Crippen molar-refractivity contribution in [3.8, 4) is 11.1 Å². The summed E-state index contributed by atoms with van der Waals surface area (Å²) >= 11 is 12.7. The number of aromatic amines is 1. The highest BCUT2D eigenvalue weighted by Gasteiger charge is 2.13. The van der Waals surface area contributed by atoms with E-state index in [4.69, 9.17) is 34.7 Å². The molecule has 0 aliphatic heterocycles. The molecule has 1 amide bonds. The molecule has 0 atom stereocenters. The van der Waals surface area contributed by atoms with Crippen LogP contribution in [0.1, 0.15) is 10.4 Å². The summed E-state index contributed by atoms with van der Waals surface area (Å²) in [6.07, 6.45) is 0. The van der Waals surface area contributed by atoms with Crippen LogP contribution < -0.4 is 16.8 Å². The zero-order valence-corrected chi connectivity index (χ0v) is 13.7. The maximum absolute atomic E-state index is 11.3. The predicted octanol–water partition coefficient (Wildman–Crippen LogP) is 3.20. The van der Waals surface area contributed by atoms with Gasteiger partial charge in [0.15, 0.2) is 0 Å². The van der Waals surface area contributed by atoms with E-state index in [1.165, 1.54) is 0 Å². The third-order valence-corrected chi connectivity index (χ3v) is 3.83. The summed E-state index contributed by atoms with van der Waals surface area (Å²) in [7, 11) is 0. The molecule has 3 aromatic rings. The molecule has 0 radical (unpaired) electrons. The molecule has 3 rings (SSSR count). The zero-order valence-electron chi connectivity index (χ0n) is 12.2. The van der Waals surface area contributed by atoms with Crippen LogP contribution in [0.2, 0.25) is 10.0 Å². The Morgan fingerprint density at radius 3 is 2.46 bits per heavy atom. The Bertz CT molecular complexity index is 901. The number of aromatic nitrogens is 3. The SMILES string of the molecule is NC(=O)c1cccc(-c2c(Cl)cc(Nc3n[nH]c(N)n3)cc2Cl)c1. The van der Waals surface area contributed by atoms with Gasteiger partial charge in [-0.05, 0) is 29.8 Å². The molecule has 9 heteroatoms. The lowest BCUT2D eigenvalue weighted by Crippen LogP contribution is -2.10. The molecular weight excluding hydrogens is 351 g/mol.